The van der Waals surface area contributed by atoms with Crippen molar-refractivity contribution in [2.24, 2.45) is 0 Å². The fourth-order valence-electron chi connectivity index (χ4n) is 2.65. The number of benzene rings is 1. The minimum atomic E-state index is 0.585. The maximum atomic E-state index is 5.43. The van der Waals surface area contributed by atoms with Crippen molar-refractivity contribution in [2.75, 3.05) is 32.7 Å². The lowest BCUT2D eigenvalue weighted by molar-refractivity contribution is 0.186. The fourth-order valence-corrected chi connectivity index (χ4v) is 2.65. The fraction of sp³-hybridized carbons (Fsp3) is 0.571. The van der Waals surface area contributed by atoms with Crippen molar-refractivity contribution in [3.63, 3.8) is 0 Å². The Morgan fingerprint density at radius 1 is 1.35 bits per heavy atom. The summed E-state index contributed by atoms with van der Waals surface area (Å²) >= 11 is 0. The van der Waals surface area contributed by atoms with E-state index in [1.165, 1.54) is 23.2 Å². The molecule has 1 unspecified atom stereocenters. The van der Waals surface area contributed by atoms with E-state index in [0.717, 1.165) is 25.3 Å². The van der Waals surface area contributed by atoms with Gasteiger partial charge in [0.2, 0.25) is 0 Å². The van der Waals surface area contributed by atoms with Gasteiger partial charge in [-0.25, -0.2) is 0 Å². The van der Waals surface area contributed by atoms with Crippen molar-refractivity contribution in [1.82, 2.24) is 0 Å². The molecular weight excluding hydrogens is 214 g/mol. The topological polar surface area (TPSA) is 30.5 Å². The quantitative estimate of drug-likeness (QED) is 0.870. The van der Waals surface area contributed by atoms with E-state index in [4.69, 9.17) is 9.47 Å². The predicted octanol–water partition coefficient (Wildman–Crippen LogP) is 2.94. The van der Waals surface area contributed by atoms with Crippen molar-refractivity contribution in [2.45, 2.75) is 25.7 Å². The number of fused-ring (bicyclic) bond motifs is 1. The van der Waals surface area contributed by atoms with Gasteiger partial charge >= 0.3 is 0 Å². The highest BCUT2D eigenvalue weighted by Gasteiger charge is 2.24. The molecule has 94 valence electrons. The lowest BCUT2D eigenvalue weighted by Gasteiger charge is -2.29. The van der Waals surface area contributed by atoms with Crippen molar-refractivity contribution in [3.8, 4) is 5.75 Å². The van der Waals surface area contributed by atoms with E-state index in [0.29, 0.717) is 5.92 Å². The third kappa shape index (κ3) is 2.39. The molecule has 3 heteroatoms. The Bertz CT molecular complexity index is 390. The molecule has 1 aromatic rings. The number of nitrogens with one attached hydrogen (secondary N) is 1. The van der Waals surface area contributed by atoms with Crippen molar-refractivity contribution >= 4 is 5.69 Å². The second kappa shape index (κ2) is 5.41. The van der Waals surface area contributed by atoms with Crippen LogP contribution in [0.5, 0.6) is 5.75 Å². The van der Waals surface area contributed by atoms with Crippen LogP contribution in [0, 0.1) is 6.92 Å². The zero-order chi connectivity index (χ0) is 12.3. The number of aryl methyl sites for hydroxylation is 1. The molecule has 0 saturated heterocycles. The van der Waals surface area contributed by atoms with Crippen LogP contribution in [-0.4, -0.2) is 27.4 Å². The number of rotatable bonds is 4. The average molecular weight is 235 g/mol. The first-order chi connectivity index (χ1) is 8.27. The van der Waals surface area contributed by atoms with E-state index < -0.39 is 0 Å². The SMILES string of the molecule is COCCC1CCNc2c(OC)ccc(C)c21. The zero-order valence-corrected chi connectivity index (χ0v) is 10.9. The first kappa shape index (κ1) is 12.2. The van der Waals surface area contributed by atoms with Gasteiger partial charge in [-0.2, -0.15) is 0 Å². The van der Waals surface area contributed by atoms with Gasteiger partial charge in [-0.15, -0.1) is 0 Å². The molecule has 0 spiro atoms. The van der Waals surface area contributed by atoms with Gasteiger partial charge in [0.1, 0.15) is 5.75 Å². The molecule has 0 amide bonds. The monoisotopic (exact) mass is 235 g/mol. The van der Waals surface area contributed by atoms with E-state index in [1.807, 2.05) is 6.07 Å². The molecule has 0 bridgehead atoms. The van der Waals surface area contributed by atoms with Gasteiger partial charge in [-0.05, 0) is 42.9 Å². The van der Waals surface area contributed by atoms with Gasteiger partial charge in [-0.1, -0.05) is 6.07 Å². The number of methoxy groups -OCH3 is 2. The van der Waals surface area contributed by atoms with Crippen LogP contribution < -0.4 is 10.1 Å². The number of ether oxygens (including phenoxy) is 2. The smallest absolute Gasteiger partial charge is 0.142 e. The Hall–Kier alpha value is -1.22. The van der Waals surface area contributed by atoms with E-state index in [1.54, 1.807) is 14.2 Å². The summed E-state index contributed by atoms with van der Waals surface area (Å²) < 4.78 is 10.6. The van der Waals surface area contributed by atoms with Gasteiger partial charge in [0.25, 0.3) is 0 Å². The maximum Gasteiger partial charge on any atom is 0.142 e. The normalized spacial score (nSPS) is 18.4. The third-order valence-electron chi connectivity index (χ3n) is 3.52. The summed E-state index contributed by atoms with van der Waals surface area (Å²) in [5.41, 5.74) is 3.93. The highest BCUT2D eigenvalue weighted by molar-refractivity contribution is 5.67. The van der Waals surface area contributed by atoms with Crippen molar-refractivity contribution in [1.29, 1.82) is 0 Å². The number of hydrogen-bond donors (Lipinski definition) is 1. The number of hydrogen-bond acceptors (Lipinski definition) is 3. The largest absolute Gasteiger partial charge is 0.495 e. The molecule has 3 nitrogen and oxygen atoms in total. The molecule has 0 fully saturated rings. The van der Waals surface area contributed by atoms with Gasteiger partial charge in [0, 0.05) is 20.3 Å². The second-order valence-corrected chi connectivity index (χ2v) is 4.57. The lowest BCUT2D eigenvalue weighted by atomic mass is 9.85. The van der Waals surface area contributed by atoms with Gasteiger partial charge < -0.3 is 14.8 Å². The van der Waals surface area contributed by atoms with Crippen molar-refractivity contribution in [3.05, 3.63) is 23.3 Å². The second-order valence-electron chi connectivity index (χ2n) is 4.57. The van der Waals surface area contributed by atoms with Crippen LogP contribution in [-0.2, 0) is 4.74 Å². The molecule has 1 atom stereocenters. The summed E-state index contributed by atoms with van der Waals surface area (Å²) in [4.78, 5) is 0. The summed E-state index contributed by atoms with van der Waals surface area (Å²) in [6.07, 6.45) is 2.25. The maximum absolute atomic E-state index is 5.43. The molecular formula is C14H21NO2. The molecule has 0 aliphatic carbocycles. The Morgan fingerprint density at radius 3 is 2.88 bits per heavy atom. The summed E-state index contributed by atoms with van der Waals surface area (Å²) in [5, 5.41) is 3.46. The Kier molecular flexibility index (Phi) is 3.89. The summed E-state index contributed by atoms with van der Waals surface area (Å²) in [7, 11) is 3.49. The van der Waals surface area contributed by atoms with Crippen LogP contribution in [0.15, 0.2) is 12.1 Å². The average Bonchev–Trinajstić information content (AvgIpc) is 2.36. The highest BCUT2D eigenvalue weighted by atomic mass is 16.5. The van der Waals surface area contributed by atoms with Crippen LogP contribution in [0.3, 0.4) is 0 Å². The molecule has 1 aliphatic rings. The molecule has 0 radical (unpaired) electrons. The Labute approximate surface area is 103 Å². The molecule has 0 saturated carbocycles. The summed E-state index contributed by atoms with van der Waals surface area (Å²) in [6, 6.07) is 4.18. The Morgan fingerprint density at radius 2 is 2.18 bits per heavy atom. The summed E-state index contributed by atoms with van der Waals surface area (Å²) in [5.74, 6) is 1.54. The van der Waals surface area contributed by atoms with Crippen LogP contribution in [0.25, 0.3) is 0 Å². The first-order valence-corrected chi connectivity index (χ1v) is 6.18. The van der Waals surface area contributed by atoms with Crippen LogP contribution in [0.2, 0.25) is 0 Å². The molecule has 17 heavy (non-hydrogen) atoms. The molecule has 1 aliphatic heterocycles. The molecule has 0 aromatic heterocycles. The third-order valence-corrected chi connectivity index (χ3v) is 3.52. The lowest BCUT2D eigenvalue weighted by Crippen LogP contribution is -2.19. The highest BCUT2D eigenvalue weighted by Crippen LogP contribution is 2.41. The molecule has 2 rings (SSSR count). The van der Waals surface area contributed by atoms with Gasteiger partial charge in [0.05, 0.1) is 12.8 Å². The Balaban J connectivity index is 2.35. The van der Waals surface area contributed by atoms with E-state index in [9.17, 15) is 0 Å². The zero-order valence-electron chi connectivity index (χ0n) is 10.9. The molecule has 1 N–H and O–H groups in total. The van der Waals surface area contributed by atoms with Gasteiger partial charge in [0.15, 0.2) is 0 Å². The minimum absolute atomic E-state index is 0.585. The number of anilines is 1. The predicted molar refractivity (Wildman–Crippen MR) is 70.1 cm³/mol. The van der Waals surface area contributed by atoms with Crippen LogP contribution in [0.1, 0.15) is 29.9 Å². The van der Waals surface area contributed by atoms with Crippen LogP contribution >= 0.6 is 0 Å². The minimum Gasteiger partial charge on any atom is -0.495 e. The van der Waals surface area contributed by atoms with Crippen molar-refractivity contribution < 1.29 is 9.47 Å². The van der Waals surface area contributed by atoms with Crippen LogP contribution in [0.4, 0.5) is 5.69 Å². The summed E-state index contributed by atoms with van der Waals surface area (Å²) in [6.45, 7) is 4.01. The first-order valence-electron chi connectivity index (χ1n) is 6.18. The molecule has 1 heterocycles. The van der Waals surface area contributed by atoms with Gasteiger partial charge in [-0.3, -0.25) is 0 Å². The van der Waals surface area contributed by atoms with E-state index in [-0.39, 0.29) is 0 Å². The van der Waals surface area contributed by atoms with E-state index >= 15 is 0 Å². The van der Waals surface area contributed by atoms with E-state index in [2.05, 4.69) is 18.3 Å². The molecule has 1 aromatic carbocycles. The standard InChI is InChI=1S/C14H21NO2/c1-10-4-5-12(17-3)14-13(10)11(6-8-15-14)7-9-16-2/h4-5,11,15H,6-9H2,1-3H3.